The van der Waals surface area contributed by atoms with Crippen molar-refractivity contribution in [2.75, 3.05) is 25.0 Å². The molecule has 1 heterocycles. The summed E-state index contributed by atoms with van der Waals surface area (Å²) in [5, 5.41) is 11.2. The maximum Gasteiger partial charge on any atom is 0.417 e. The van der Waals surface area contributed by atoms with Crippen molar-refractivity contribution in [1.29, 1.82) is 0 Å². The molecule has 1 aromatic rings. The summed E-state index contributed by atoms with van der Waals surface area (Å²) in [6, 6.07) is 2.84. The quantitative estimate of drug-likeness (QED) is 0.861. The zero-order valence-corrected chi connectivity index (χ0v) is 14.0. The Hall–Kier alpha value is -1.31. The highest BCUT2D eigenvalue weighted by molar-refractivity contribution is 6.31. The molecular formula is C16H20ClF3N2O2. The molecule has 2 rings (SSSR count). The van der Waals surface area contributed by atoms with Crippen LogP contribution in [0.3, 0.4) is 0 Å². The molecule has 1 aromatic carbocycles. The number of rotatable bonds is 4. The van der Waals surface area contributed by atoms with Crippen LogP contribution in [0.25, 0.3) is 0 Å². The minimum Gasteiger partial charge on any atom is -0.396 e. The number of hydrogen-bond donors (Lipinski definition) is 2. The fourth-order valence-electron chi connectivity index (χ4n) is 2.76. The van der Waals surface area contributed by atoms with E-state index in [1.54, 1.807) is 6.92 Å². The van der Waals surface area contributed by atoms with Gasteiger partial charge in [0.1, 0.15) is 0 Å². The highest BCUT2D eigenvalue weighted by Gasteiger charge is 2.34. The van der Waals surface area contributed by atoms with E-state index >= 15 is 0 Å². The molecule has 0 saturated carbocycles. The summed E-state index contributed by atoms with van der Waals surface area (Å²) in [4.78, 5) is 14.3. The van der Waals surface area contributed by atoms with Crippen LogP contribution in [0, 0.1) is 5.92 Å². The molecule has 1 fully saturated rings. The predicted octanol–water partition coefficient (Wildman–Crippen LogP) is 3.39. The third kappa shape index (κ3) is 4.62. The average molecular weight is 365 g/mol. The summed E-state index contributed by atoms with van der Waals surface area (Å²) >= 11 is 5.57. The molecule has 2 N–H and O–H groups in total. The zero-order chi connectivity index (χ0) is 17.9. The average Bonchev–Trinajstić information content (AvgIpc) is 2.55. The van der Waals surface area contributed by atoms with Crippen LogP contribution in [-0.2, 0) is 11.0 Å². The molecule has 1 aliphatic heterocycles. The molecule has 0 spiro atoms. The van der Waals surface area contributed by atoms with E-state index in [1.165, 1.54) is 6.07 Å². The monoisotopic (exact) mass is 364 g/mol. The SMILES string of the molecule is CC(C(=O)Nc1ccc(Cl)c(C(F)(F)F)c1)N1CCC(CO)CC1. The van der Waals surface area contributed by atoms with Gasteiger partial charge in [0.15, 0.2) is 0 Å². The number of piperidine rings is 1. The number of likely N-dealkylation sites (tertiary alicyclic amines) is 1. The number of halogens is 4. The molecule has 1 saturated heterocycles. The van der Waals surface area contributed by atoms with Gasteiger partial charge in [-0.2, -0.15) is 13.2 Å². The van der Waals surface area contributed by atoms with E-state index in [0.29, 0.717) is 13.1 Å². The number of carbonyl (C=O) groups excluding carboxylic acids is 1. The van der Waals surface area contributed by atoms with E-state index in [0.717, 1.165) is 25.0 Å². The molecule has 1 aliphatic rings. The summed E-state index contributed by atoms with van der Waals surface area (Å²) in [5.74, 6) is -0.116. The van der Waals surface area contributed by atoms with Gasteiger partial charge < -0.3 is 10.4 Å². The highest BCUT2D eigenvalue weighted by atomic mass is 35.5. The number of nitrogens with zero attached hydrogens (tertiary/aromatic N) is 1. The van der Waals surface area contributed by atoms with Crippen molar-refractivity contribution in [2.45, 2.75) is 32.0 Å². The molecule has 4 nitrogen and oxygen atoms in total. The zero-order valence-electron chi connectivity index (χ0n) is 13.2. The summed E-state index contributed by atoms with van der Waals surface area (Å²) in [6.45, 7) is 3.21. The van der Waals surface area contributed by atoms with Crippen LogP contribution in [0.2, 0.25) is 5.02 Å². The number of benzene rings is 1. The smallest absolute Gasteiger partial charge is 0.396 e. The second-order valence-corrected chi connectivity index (χ2v) is 6.43. The molecule has 134 valence electrons. The third-order valence-corrected chi connectivity index (χ3v) is 4.70. The summed E-state index contributed by atoms with van der Waals surface area (Å²) in [5.41, 5.74) is -0.910. The Balaban J connectivity index is 2.02. The molecule has 0 aromatic heterocycles. The summed E-state index contributed by atoms with van der Waals surface area (Å²) in [7, 11) is 0. The van der Waals surface area contributed by atoms with Gasteiger partial charge in [-0.25, -0.2) is 0 Å². The van der Waals surface area contributed by atoms with Crippen molar-refractivity contribution in [2.24, 2.45) is 5.92 Å². The van der Waals surface area contributed by atoms with Gasteiger partial charge in [-0.05, 0) is 57.0 Å². The molecule has 1 unspecified atom stereocenters. The number of alkyl halides is 3. The molecule has 0 bridgehead atoms. The van der Waals surface area contributed by atoms with Crippen molar-refractivity contribution in [3.63, 3.8) is 0 Å². The second-order valence-electron chi connectivity index (χ2n) is 6.02. The number of carbonyl (C=O) groups is 1. The lowest BCUT2D eigenvalue weighted by Gasteiger charge is -2.34. The fraction of sp³-hybridized carbons (Fsp3) is 0.562. The van der Waals surface area contributed by atoms with Crippen LogP contribution in [0.15, 0.2) is 18.2 Å². The third-order valence-electron chi connectivity index (χ3n) is 4.37. The predicted molar refractivity (Wildman–Crippen MR) is 85.9 cm³/mol. The van der Waals surface area contributed by atoms with Crippen LogP contribution in [0.5, 0.6) is 0 Å². The maximum absolute atomic E-state index is 12.9. The lowest BCUT2D eigenvalue weighted by atomic mass is 9.97. The number of aliphatic hydroxyl groups excluding tert-OH is 1. The van der Waals surface area contributed by atoms with Gasteiger partial charge in [0.25, 0.3) is 0 Å². The van der Waals surface area contributed by atoms with E-state index in [4.69, 9.17) is 16.7 Å². The Morgan fingerprint density at radius 3 is 2.58 bits per heavy atom. The van der Waals surface area contributed by atoms with E-state index in [2.05, 4.69) is 5.32 Å². The second kappa shape index (κ2) is 7.72. The van der Waals surface area contributed by atoms with Gasteiger partial charge in [0.2, 0.25) is 5.91 Å². The topological polar surface area (TPSA) is 52.6 Å². The first-order chi connectivity index (χ1) is 11.2. The van der Waals surface area contributed by atoms with Crippen LogP contribution in [0.4, 0.5) is 18.9 Å². The van der Waals surface area contributed by atoms with Crippen LogP contribution in [-0.4, -0.2) is 41.7 Å². The van der Waals surface area contributed by atoms with Crippen molar-refractivity contribution in [3.05, 3.63) is 28.8 Å². The number of hydrogen-bond acceptors (Lipinski definition) is 3. The molecule has 24 heavy (non-hydrogen) atoms. The first kappa shape index (κ1) is 19.0. The van der Waals surface area contributed by atoms with Crippen LogP contribution in [0.1, 0.15) is 25.3 Å². The lowest BCUT2D eigenvalue weighted by molar-refractivity contribution is -0.137. The maximum atomic E-state index is 12.9. The van der Waals surface area contributed by atoms with E-state index in [1.807, 2.05) is 4.90 Å². The van der Waals surface area contributed by atoms with Gasteiger partial charge in [-0.15, -0.1) is 0 Å². The normalized spacial score (nSPS) is 18.4. The first-order valence-electron chi connectivity index (χ1n) is 7.75. The van der Waals surface area contributed by atoms with Crippen LogP contribution >= 0.6 is 11.6 Å². The number of anilines is 1. The van der Waals surface area contributed by atoms with E-state index in [9.17, 15) is 18.0 Å². The Morgan fingerprint density at radius 2 is 2.04 bits per heavy atom. The van der Waals surface area contributed by atoms with Gasteiger partial charge in [-0.1, -0.05) is 11.6 Å². The molecule has 0 radical (unpaired) electrons. The summed E-state index contributed by atoms with van der Waals surface area (Å²) < 4.78 is 38.6. The first-order valence-corrected chi connectivity index (χ1v) is 8.12. The molecule has 1 amide bonds. The molecule has 1 atom stereocenters. The lowest BCUT2D eigenvalue weighted by Crippen LogP contribution is -2.46. The largest absolute Gasteiger partial charge is 0.417 e. The number of aliphatic hydroxyl groups is 1. The van der Waals surface area contributed by atoms with Crippen molar-refractivity contribution < 1.29 is 23.1 Å². The minimum atomic E-state index is -4.57. The van der Waals surface area contributed by atoms with Gasteiger partial charge in [0, 0.05) is 12.3 Å². The van der Waals surface area contributed by atoms with Gasteiger partial charge >= 0.3 is 6.18 Å². The Morgan fingerprint density at radius 1 is 1.42 bits per heavy atom. The van der Waals surface area contributed by atoms with Crippen molar-refractivity contribution in [1.82, 2.24) is 4.90 Å². The Labute approximate surface area is 143 Å². The molecule has 0 aliphatic carbocycles. The van der Waals surface area contributed by atoms with E-state index < -0.39 is 22.8 Å². The molecular weight excluding hydrogens is 345 g/mol. The highest BCUT2D eigenvalue weighted by Crippen LogP contribution is 2.36. The van der Waals surface area contributed by atoms with Crippen LogP contribution < -0.4 is 5.32 Å². The van der Waals surface area contributed by atoms with E-state index in [-0.39, 0.29) is 24.1 Å². The molecule has 8 heteroatoms. The minimum absolute atomic E-state index is 0.0637. The van der Waals surface area contributed by atoms with Gasteiger partial charge in [0.05, 0.1) is 16.6 Å². The number of nitrogens with one attached hydrogen (secondary N) is 1. The number of amides is 1. The van der Waals surface area contributed by atoms with Crippen molar-refractivity contribution in [3.8, 4) is 0 Å². The standard InChI is InChI=1S/C16H20ClF3N2O2/c1-10(22-6-4-11(9-23)5-7-22)15(24)21-12-2-3-14(17)13(8-12)16(18,19)20/h2-3,8,10-11,23H,4-7,9H2,1H3,(H,21,24). The Bertz CT molecular complexity index is 587. The van der Waals surface area contributed by atoms with Crippen molar-refractivity contribution >= 4 is 23.2 Å². The Kier molecular flexibility index (Phi) is 6.11. The summed E-state index contributed by atoms with van der Waals surface area (Å²) in [6.07, 6.45) is -2.98. The van der Waals surface area contributed by atoms with Gasteiger partial charge in [-0.3, -0.25) is 9.69 Å². The fourth-order valence-corrected chi connectivity index (χ4v) is 2.98.